The van der Waals surface area contributed by atoms with Gasteiger partial charge in [0.1, 0.15) is 5.75 Å². The molecule has 0 aromatic heterocycles. The van der Waals surface area contributed by atoms with Crippen molar-refractivity contribution in [3.63, 3.8) is 0 Å². The molecule has 2 aromatic rings. The molecule has 0 saturated heterocycles. The fourth-order valence-corrected chi connectivity index (χ4v) is 2.32. The third kappa shape index (κ3) is 4.30. The molecule has 6 nitrogen and oxygen atoms in total. The van der Waals surface area contributed by atoms with Gasteiger partial charge in [0.05, 0.1) is 16.7 Å². The van der Waals surface area contributed by atoms with Crippen LogP contribution in [0, 0.1) is 0 Å². The first-order chi connectivity index (χ1) is 11.8. The number of halogens is 1. The molecule has 0 N–H and O–H groups in total. The summed E-state index contributed by atoms with van der Waals surface area (Å²) in [5.41, 5.74) is -0.0979. The summed E-state index contributed by atoms with van der Waals surface area (Å²) >= 11 is 5.50. The van der Waals surface area contributed by atoms with Gasteiger partial charge in [0.15, 0.2) is 5.75 Å². The molecular weight excluding hydrogens is 348 g/mol. The lowest BCUT2D eigenvalue weighted by Gasteiger charge is -2.13. The van der Waals surface area contributed by atoms with E-state index >= 15 is 0 Å². The van der Waals surface area contributed by atoms with Crippen LogP contribution < -0.4 is 9.47 Å². The summed E-state index contributed by atoms with van der Waals surface area (Å²) in [6.07, 6.45) is 0. The van der Waals surface area contributed by atoms with Gasteiger partial charge >= 0.3 is 11.9 Å². The van der Waals surface area contributed by atoms with Gasteiger partial charge in [-0.05, 0) is 35.9 Å². The summed E-state index contributed by atoms with van der Waals surface area (Å²) in [6, 6.07) is 10.2. The molecule has 0 heterocycles. The predicted molar refractivity (Wildman–Crippen MR) is 89.1 cm³/mol. The van der Waals surface area contributed by atoms with Crippen molar-refractivity contribution in [3.05, 3.63) is 59.2 Å². The Balaban J connectivity index is 2.60. The topological polar surface area (TPSA) is 86.7 Å². The minimum atomic E-state index is -0.876. The first-order valence-corrected chi connectivity index (χ1v) is 7.52. The Morgan fingerprint density at radius 1 is 0.760 bits per heavy atom. The van der Waals surface area contributed by atoms with Crippen molar-refractivity contribution in [2.75, 3.05) is 0 Å². The van der Waals surface area contributed by atoms with Crippen molar-refractivity contribution in [3.8, 4) is 11.5 Å². The number of hydrogen-bond donors (Lipinski definition) is 0. The molecule has 0 aliphatic rings. The van der Waals surface area contributed by atoms with Gasteiger partial charge in [-0.25, -0.2) is 0 Å². The van der Waals surface area contributed by atoms with E-state index in [0.29, 0.717) is 0 Å². The van der Waals surface area contributed by atoms with E-state index in [1.165, 1.54) is 37.3 Å². The number of hydrogen-bond acceptors (Lipinski definition) is 6. The van der Waals surface area contributed by atoms with Crippen LogP contribution in [-0.4, -0.2) is 23.0 Å². The van der Waals surface area contributed by atoms with Crippen molar-refractivity contribution < 1.29 is 28.7 Å². The van der Waals surface area contributed by atoms with Crippen LogP contribution in [-0.2, 0) is 9.59 Å². The Bertz CT molecular complexity index is 872. The maximum Gasteiger partial charge on any atom is 0.308 e. The lowest BCUT2D eigenvalue weighted by Crippen LogP contribution is -2.13. The highest BCUT2D eigenvalue weighted by Crippen LogP contribution is 2.30. The van der Waals surface area contributed by atoms with Gasteiger partial charge in [0, 0.05) is 13.8 Å². The van der Waals surface area contributed by atoms with Crippen LogP contribution in [0.1, 0.15) is 40.1 Å². The molecule has 0 unspecified atom stereocenters. The number of benzene rings is 2. The van der Waals surface area contributed by atoms with Crippen LogP contribution in [0.5, 0.6) is 11.5 Å². The van der Waals surface area contributed by atoms with E-state index in [0.717, 1.165) is 6.92 Å². The number of carbonyl (C=O) groups is 4. The van der Waals surface area contributed by atoms with Gasteiger partial charge in [-0.15, -0.1) is 0 Å². The van der Waals surface area contributed by atoms with Crippen molar-refractivity contribution >= 4 is 34.6 Å². The van der Waals surface area contributed by atoms with Crippen LogP contribution in [0.2, 0.25) is 0 Å². The van der Waals surface area contributed by atoms with Gasteiger partial charge < -0.3 is 9.47 Å². The molecule has 0 amide bonds. The van der Waals surface area contributed by atoms with Crippen molar-refractivity contribution in [1.82, 2.24) is 0 Å². The zero-order chi connectivity index (χ0) is 18.6. The van der Waals surface area contributed by atoms with Crippen LogP contribution in [0.25, 0.3) is 0 Å². The molecule has 0 radical (unpaired) electrons. The molecule has 2 rings (SSSR count). The van der Waals surface area contributed by atoms with Crippen molar-refractivity contribution in [2.24, 2.45) is 0 Å². The number of ketones is 1. The number of esters is 2. The average Bonchev–Trinajstić information content (AvgIpc) is 2.53. The SMILES string of the molecule is CC(=O)Oc1ccccc1C(=O)c1cccc(C(=O)Cl)c1OC(C)=O. The lowest BCUT2D eigenvalue weighted by molar-refractivity contribution is -0.132. The fourth-order valence-electron chi connectivity index (χ4n) is 2.17. The van der Waals surface area contributed by atoms with Gasteiger partial charge in [0.2, 0.25) is 5.78 Å². The molecule has 0 spiro atoms. The normalized spacial score (nSPS) is 10.0. The predicted octanol–water partition coefficient (Wildman–Crippen LogP) is 3.15. The van der Waals surface area contributed by atoms with E-state index in [9.17, 15) is 19.2 Å². The maximum atomic E-state index is 12.9. The van der Waals surface area contributed by atoms with Gasteiger partial charge in [0.25, 0.3) is 5.24 Å². The highest BCUT2D eigenvalue weighted by molar-refractivity contribution is 6.68. The van der Waals surface area contributed by atoms with Crippen molar-refractivity contribution in [2.45, 2.75) is 13.8 Å². The Labute approximate surface area is 148 Å². The van der Waals surface area contributed by atoms with E-state index < -0.39 is 23.0 Å². The lowest BCUT2D eigenvalue weighted by atomic mass is 9.99. The number of para-hydroxylation sites is 2. The van der Waals surface area contributed by atoms with Crippen LogP contribution in [0.4, 0.5) is 0 Å². The summed E-state index contributed by atoms with van der Waals surface area (Å²) in [4.78, 5) is 47.0. The van der Waals surface area contributed by atoms with E-state index in [-0.39, 0.29) is 28.2 Å². The molecule has 0 fully saturated rings. The molecule has 7 heteroatoms. The second-order valence-electron chi connectivity index (χ2n) is 4.97. The maximum absolute atomic E-state index is 12.9. The molecule has 0 aliphatic heterocycles. The summed E-state index contributed by atoms with van der Waals surface area (Å²) < 4.78 is 10.1. The first kappa shape index (κ1) is 18.4. The Morgan fingerprint density at radius 3 is 1.92 bits per heavy atom. The van der Waals surface area contributed by atoms with Crippen molar-refractivity contribution in [1.29, 1.82) is 0 Å². The van der Waals surface area contributed by atoms with E-state index in [1.54, 1.807) is 12.1 Å². The largest absolute Gasteiger partial charge is 0.426 e. The number of ether oxygens (including phenoxy) is 2. The Morgan fingerprint density at radius 2 is 1.32 bits per heavy atom. The molecule has 0 bridgehead atoms. The van der Waals surface area contributed by atoms with Crippen LogP contribution >= 0.6 is 11.6 Å². The molecule has 25 heavy (non-hydrogen) atoms. The highest BCUT2D eigenvalue weighted by Gasteiger charge is 2.24. The molecule has 128 valence electrons. The zero-order valence-electron chi connectivity index (χ0n) is 13.4. The molecule has 0 saturated carbocycles. The summed E-state index contributed by atoms with van der Waals surface area (Å²) in [6.45, 7) is 2.34. The van der Waals surface area contributed by atoms with Gasteiger partial charge in [-0.3, -0.25) is 19.2 Å². The van der Waals surface area contributed by atoms with E-state index in [4.69, 9.17) is 21.1 Å². The third-order valence-corrected chi connectivity index (χ3v) is 3.31. The average molecular weight is 361 g/mol. The fraction of sp³-hybridized carbons (Fsp3) is 0.111. The summed E-state index contributed by atoms with van der Waals surface area (Å²) in [7, 11) is 0. The van der Waals surface area contributed by atoms with Gasteiger partial charge in [-0.1, -0.05) is 18.2 Å². The number of rotatable bonds is 5. The smallest absolute Gasteiger partial charge is 0.308 e. The zero-order valence-corrected chi connectivity index (χ0v) is 14.1. The minimum absolute atomic E-state index is 0.0522. The second kappa shape index (κ2) is 7.72. The Kier molecular flexibility index (Phi) is 5.67. The number of carbonyl (C=O) groups excluding carboxylic acids is 4. The summed E-state index contributed by atoms with van der Waals surface area (Å²) in [5.74, 6) is -2.08. The second-order valence-corrected chi connectivity index (χ2v) is 5.31. The highest BCUT2D eigenvalue weighted by atomic mass is 35.5. The molecular formula is C18H13ClO6. The van der Waals surface area contributed by atoms with E-state index in [1.807, 2.05) is 0 Å². The first-order valence-electron chi connectivity index (χ1n) is 7.14. The molecule has 0 atom stereocenters. The van der Waals surface area contributed by atoms with E-state index in [2.05, 4.69) is 0 Å². The van der Waals surface area contributed by atoms with Gasteiger partial charge in [-0.2, -0.15) is 0 Å². The Hall–Kier alpha value is -2.99. The molecule has 2 aromatic carbocycles. The van der Waals surface area contributed by atoms with Crippen LogP contribution in [0.15, 0.2) is 42.5 Å². The monoisotopic (exact) mass is 360 g/mol. The standard InChI is InChI=1S/C18H13ClO6/c1-10(20)24-15-9-4-3-6-12(15)16(22)13-7-5-8-14(18(19)23)17(13)25-11(2)21/h3-9H,1-2H3. The minimum Gasteiger partial charge on any atom is -0.426 e. The quantitative estimate of drug-likeness (QED) is 0.352. The molecule has 0 aliphatic carbocycles. The van der Waals surface area contributed by atoms with Crippen LogP contribution in [0.3, 0.4) is 0 Å². The summed E-state index contributed by atoms with van der Waals surface area (Å²) in [5, 5.41) is -0.876. The third-order valence-electron chi connectivity index (χ3n) is 3.10.